The highest BCUT2D eigenvalue weighted by Crippen LogP contribution is 2.21. The Morgan fingerprint density at radius 3 is 2.65 bits per heavy atom. The van der Waals surface area contributed by atoms with E-state index in [2.05, 4.69) is 5.32 Å². The van der Waals surface area contributed by atoms with E-state index in [0.29, 0.717) is 19.4 Å². The average Bonchev–Trinajstić information content (AvgIpc) is 2.80. The Morgan fingerprint density at radius 2 is 2.05 bits per heavy atom. The van der Waals surface area contributed by atoms with Crippen molar-refractivity contribution in [2.75, 3.05) is 0 Å². The summed E-state index contributed by atoms with van der Waals surface area (Å²) in [6, 6.07) is 5.63. The molecule has 0 spiro atoms. The van der Waals surface area contributed by atoms with E-state index in [0.717, 1.165) is 5.56 Å². The lowest BCUT2D eigenvalue weighted by Gasteiger charge is -2.27. The van der Waals surface area contributed by atoms with Gasteiger partial charge in [-0.15, -0.1) is 0 Å². The van der Waals surface area contributed by atoms with Gasteiger partial charge in [-0.1, -0.05) is 12.1 Å². The van der Waals surface area contributed by atoms with Gasteiger partial charge in [-0.3, -0.25) is 9.59 Å². The molecule has 0 saturated carbocycles. The fourth-order valence-corrected chi connectivity index (χ4v) is 2.52. The minimum absolute atomic E-state index is 0.0200. The number of nitrogens with zero attached hydrogens (tertiary/aromatic N) is 1. The summed E-state index contributed by atoms with van der Waals surface area (Å²) in [6.45, 7) is 4.16. The van der Waals surface area contributed by atoms with Crippen LogP contribution in [-0.4, -0.2) is 28.8 Å². The van der Waals surface area contributed by atoms with E-state index in [1.165, 1.54) is 12.1 Å². The van der Waals surface area contributed by atoms with Crippen molar-refractivity contribution >= 4 is 11.8 Å². The molecule has 0 aliphatic carbocycles. The van der Waals surface area contributed by atoms with E-state index in [4.69, 9.17) is 0 Å². The Balaban J connectivity index is 1.94. The molecule has 1 aromatic carbocycles. The first kappa shape index (κ1) is 14.5. The van der Waals surface area contributed by atoms with Crippen molar-refractivity contribution in [3.63, 3.8) is 0 Å². The molecular weight excluding hydrogens is 259 g/mol. The van der Waals surface area contributed by atoms with Crippen molar-refractivity contribution in [1.82, 2.24) is 10.2 Å². The third-order valence-electron chi connectivity index (χ3n) is 3.49. The van der Waals surface area contributed by atoms with Gasteiger partial charge in [-0.05, 0) is 38.0 Å². The zero-order valence-corrected chi connectivity index (χ0v) is 11.7. The van der Waals surface area contributed by atoms with Gasteiger partial charge in [0, 0.05) is 19.0 Å². The first-order valence-electron chi connectivity index (χ1n) is 6.82. The summed E-state index contributed by atoms with van der Waals surface area (Å²) in [5.74, 6) is -0.414. The molecule has 0 bridgehead atoms. The molecule has 1 unspecified atom stereocenters. The van der Waals surface area contributed by atoms with Gasteiger partial charge in [0.1, 0.15) is 11.9 Å². The smallest absolute Gasteiger partial charge is 0.243 e. The second-order valence-electron chi connectivity index (χ2n) is 5.29. The lowest BCUT2D eigenvalue weighted by molar-refractivity contribution is -0.137. The van der Waals surface area contributed by atoms with Crippen LogP contribution in [0.2, 0.25) is 0 Å². The Morgan fingerprint density at radius 1 is 1.40 bits per heavy atom. The molecular formula is C15H19FN2O2. The predicted octanol–water partition coefficient (Wildman–Crippen LogP) is 1.84. The number of carbonyl (C=O) groups is 2. The molecule has 0 aromatic heterocycles. The van der Waals surface area contributed by atoms with Gasteiger partial charge in [-0.25, -0.2) is 4.39 Å². The Hall–Kier alpha value is -1.91. The fraction of sp³-hybridized carbons (Fsp3) is 0.467. The van der Waals surface area contributed by atoms with Gasteiger partial charge in [0.25, 0.3) is 0 Å². The van der Waals surface area contributed by atoms with E-state index in [-0.39, 0.29) is 29.7 Å². The first-order valence-corrected chi connectivity index (χ1v) is 6.82. The number of halogens is 1. The average molecular weight is 278 g/mol. The van der Waals surface area contributed by atoms with Crippen LogP contribution in [0.15, 0.2) is 24.3 Å². The molecule has 1 N–H and O–H groups in total. The molecule has 1 aromatic rings. The topological polar surface area (TPSA) is 49.4 Å². The molecule has 5 heteroatoms. The monoisotopic (exact) mass is 278 g/mol. The third-order valence-corrected chi connectivity index (χ3v) is 3.49. The van der Waals surface area contributed by atoms with Crippen LogP contribution in [0.3, 0.4) is 0 Å². The molecule has 0 radical (unpaired) electrons. The fourth-order valence-electron chi connectivity index (χ4n) is 2.52. The van der Waals surface area contributed by atoms with E-state index >= 15 is 0 Å². The largest absolute Gasteiger partial charge is 0.350 e. The normalized spacial score (nSPS) is 18.7. The van der Waals surface area contributed by atoms with E-state index in [9.17, 15) is 14.0 Å². The van der Waals surface area contributed by atoms with Gasteiger partial charge in [0.15, 0.2) is 0 Å². The van der Waals surface area contributed by atoms with Crippen LogP contribution in [0.5, 0.6) is 0 Å². The summed E-state index contributed by atoms with van der Waals surface area (Å²) in [4.78, 5) is 25.6. The van der Waals surface area contributed by atoms with Gasteiger partial charge in [0.05, 0.1) is 0 Å². The number of amides is 2. The number of hydrogen-bond donors (Lipinski definition) is 1. The number of likely N-dealkylation sites (tertiary alicyclic amines) is 1. The van der Waals surface area contributed by atoms with Crippen molar-refractivity contribution in [2.24, 2.45) is 0 Å². The van der Waals surface area contributed by atoms with Crippen molar-refractivity contribution in [3.05, 3.63) is 35.6 Å². The van der Waals surface area contributed by atoms with Crippen molar-refractivity contribution in [1.29, 1.82) is 0 Å². The summed E-state index contributed by atoms with van der Waals surface area (Å²) >= 11 is 0. The molecule has 20 heavy (non-hydrogen) atoms. The number of rotatable bonds is 4. The highest BCUT2D eigenvalue weighted by molar-refractivity contribution is 5.91. The van der Waals surface area contributed by atoms with Gasteiger partial charge in [0.2, 0.25) is 11.8 Å². The second-order valence-corrected chi connectivity index (χ2v) is 5.29. The molecule has 108 valence electrons. The van der Waals surface area contributed by atoms with Gasteiger partial charge < -0.3 is 10.2 Å². The second kappa shape index (κ2) is 6.03. The standard InChI is InChI=1S/C15H19FN2O2/c1-10(2)18-13(7-8-14(18)19)15(20)17-9-11-3-5-12(16)6-4-11/h3-6,10,13H,7-9H2,1-2H3,(H,17,20). The maximum absolute atomic E-state index is 12.8. The third kappa shape index (κ3) is 3.15. The summed E-state index contributed by atoms with van der Waals surface area (Å²) in [5.41, 5.74) is 0.833. The van der Waals surface area contributed by atoms with Gasteiger partial charge in [-0.2, -0.15) is 0 Å². The maximum Gasteiger partial charge on any atom is 0.243 e. The van der Waals surface area contributed by atoms with E-state index in [1.807, 2.05) is 13.8 Å². The predicted molar refractivity (Wildman–Crippen MR) is 73.3 cm³/mol. The van der Waals surface area contributed by atoms with Crippen LogP contribution in [-0.2, 0) is 16.1 Å². The first-order chi connectivity index (χ1) is 9.49. The van der Waals surface area contributed by atoms with Crippen molar-refractivity contribution in [3.8, 4) is 0 Å². The molecule has 4 nitrogen and oxygen atoms in total. The minimum Gasteiger partial charge on any atom is -0.350 e. The maximum atomic E-state index is 12.8. The van der Waals surface area contributed by atoms with Crippen LogP contribution >= 0.6 is 0 Å². The van der Waals surface area contributed by atoms with E-state index < -0.39 is 0 Å². The highest BCUT2D eigenvalue weighted by atomic mass is 19.1. The van der Waals surface area contributed by atoms with Crippen LogP contribution in [0, 0.1) is 5.82 Å². The molecule has 1 heterocycles. The molecule has 1 aliphatic rings. The van der Waals surface area contributed by atoms with Gasteiger partial charge >= 0.3 is 0 Å². The summed E-state index contributed by atoms with van der Waals surface area (Å²) in [6.07, 6.45) is 0.985. The highest BCUT2D eigenvalue weighted by Gasteiger charge is 2.37. The zero-order valence-electron chi connectivity index (χ0n) is 11.7. The van der Waals surface area contributed by atoms with Crippen LogP contribution in [0.1, 0.15) is 32.3 Å². The summed E-state index contributed by atoms with van der Waals surface area (Å²) in [7, 11) is 0. The number of carbonyl (C=O) groups excluding carboxylic acids is 2. The Bertz CT molecular complexity index is 499. The van der Waals surface area contributed by atoms with E-state index in [1.54, 1.807) is 17.0 Å². The van der Waals surface area contributed by atoms with Crippen LogP contribution in [0.4, 0.5) is 4.39 Å². The van der Waals surface area contributed by atoms with Crippen LogP contribution < -0.4 is 5.32 Å². The number of hydrogen-bond acceptors (Lipinski definition) is 2. The minimum atomic E-state index is -0.386. The molecule has 1 atom stereocenters. The molecule has 1 fully saturated rings. The van der Waals surface area contributed by atoms with Crippen LogP contribution in [0.25, 0.3) is 0 Å². The lowest BCUT2D eigenvalue weighted by Crippen LogP contribution is -2.47. The summed E-state index contributed by atoms with van der Waals surface area (Å²) in [5, 5.41) is 2.81. The lowest BCUT2D eigenvalue weighted by atomic mass is 10.1. The number of benzene rings is 1. The SMILES string of the molecule is CC(C)N1C(=O)CCC1C(=O)NCc1ccc(F)cc1. The molecule has 1 aliphatic heterocycles. The van der Waals surface area contributed by atoms with Crippen molar-refractivity contribution < 1.29 is 14.0 Å². The number of nitrogens with one attached hydrogen (secondary N) is 1. The summed E-state index contributed by atoms with van der Waals surface area (Å²) < 4.78 is 12.8. The Kier molecular flexibility index (Phi) is 4.37. The quantitative estimate of drug-likeness (QED) is 0.913. The molecule has 1 saturated heterocycles. The molecule has 2 amide bonds. The zero-order chi connectivity index (χ0) is 14.7. The van der Waals surface area contributed by atoms with Crippen molar-refractivity contribution in [2.45, 2.75) is 45.3 Å². The molecule has 2 rings (SSSR count). The Labute approximate surface area is 118 Å².